The summed E-state index contributed by atoms with van der Waals surface area (Å²) >= 11 is 1.61. The van der Waals surface area contributed by atoms with E-state index in [0.29, 0.717) is 12.2 Å². The summed E-state index contributed by atoms with van der Waals surface area (Å²) in [5, 5.41) is 2.07. The maximum absolute atomic E-state index is 11.6. The van der Waals surface area contributed by atoms with Crippen molar-refractivity contribution in [2.24, 2.45) is 5.73 Å². The molecule has 4 N–H and O–H groups in total. The molecule has 0 saturated carbocycles. The Hall–Kier alpha value is -1.84. The lowest BCUT2D eigenvalue weighted by Gasteiger charge is -2.45. The molecule has 1 saturated heterocycles. The maximum atomic E-state index is 11.6. The van der Waals surface area contributed by atoms with Crippen LogP contribution in [0.5, 0.6) is 0 Å². The van der Waals surface area contributed by atoms with Crippen LogP contribution in [-0.4, -0.2) is 44.7 Å². The van der Waals surface area contributed by atoms with Crippen LogP contribution in [0.2, 0.25) is 18.1 Å². The van der Waals surface area contributed by atoms with E-state index >= 15 is 0 Å². The van der Waals surface area contributed by atoms with Gasteiger partial charge in [-0.3, -0.25) is 4.98 Å². The number of pyridine rings is 1. The second-order valence-electron chi connectivity index (χ2n) is 8.82. The Balaban J connectivity index is 1.87. The number of primary amides is 1. The van der Waals surface area contributed by atoms with Crippen molar-refractivity contribution in [3.63, 3.8) is 0 Å². The predicted octanol–water partition coefficient (Wildman–Crippen LogP) is 3.94. The van der Waals surface area contributed by atoms with E-state index in [4.69, 9.17) is 20.6 Å². The summed E-state index contributed by atoms with van der Waals surface area (Å²) in [4.78, 5) is 18.1. The Morgan fingerprint density at radius 3 is 2.71 bits per heavy atom. The molecule has 7 nitrogen and oxygen atoms in total. The summed E-state index contributed by atoms with van der Waals surface area (Å²) in [5.74, 6) is 0. The molecular weight excluding hydrogens is 392 g/mol. The Kier molecular flexibility index (Phi) is 5.61. The third-order valence-electron chi connectivity index (χ3n) is 5.81. The second kappa shape index (κ2) is 7.53. The van der Waals surface area contributed by atoms with E-state index in [1.807, 2.05) is 11.4 Å². The van der Waals surface area contributed by atoms with Gasteiger partial charge in [0, 0.05) is 6.54 Å². The van der Waals surface area contributed by atoms with Crippen LogP contribution in [-0.2, 0) is 9.16 Å². The lowest BCUT2D eigenvalue weighted by molar-refractivity contribution is 0.00358. The van der Waals surface area contributed by atoms with Gasteiger partial charge in [-0.1, -0.05) is 20.8 Å². The van der Waals surface area contributed by atoms with E-state index in [-0.39, 0.29) is 11.1 Å². The van der Waals surface area contributed by atoms with Crippen LogP contribution in [0.1, 0.15) is 27.2 Å². The Morgan fingerprint density at radius 2 is 2.07 bits per heavy atom. The lowest BCUT2D eigenvalue weighted by Crippen LogP contribution is -2.55. The first-order valence-corrected chi connectivity index (χ1v) is 13.3. The molecule has 154 valence electrons. The van der Waals surface area contributed by atoms with E-state index in [1.54, 1.807) is 17.5 Å². The molecule has 3 rings (SSSR count). The molecule has 1 aliphatic heterocycles. The number of anilines is 2. The summed E-state index contributed by atoms with van der Waals surface area (Å²) in [5.41, 5.74) is 14.1. The van der Waals surface area contributed by atoms with Crippen LogP contribution in [0.15, 0.2) is 17.6 Å². The summed E-state index contributed by atoms with van der Waals surface area (Å²) in [6.45, 7) is 12.3. The summed E-state index contributed by atoms with van der Waals surface area (Å²) in [7, 11) is -2.01. The predicted molar refractivity (Wildman–Crippen MR) is 117 cm³/mol. The third kappa shape index (κ3) is 4.11. The van der Waals surface area contributed by atoms with Crippen molar-refractivity contribution >= 4 is 47.3 Å². The number of carbonyl (C=O) groups is 1. The molecule has 28 heavy (non-hydrogen) atoms. The van der Waals surface area contributed by atoms with Gasteiger partial charge in [-0.2, -0.15) is 0 Å². The van der Waals surface area contributed by atoms with Gasteiger partial charge in [-0.05, 0) is 36.0 Å². The number of aromatic nitrogens is 1. The van der Waals surface area contributed by atoms with E-state index in [0.717, 1.165) is 28.9 Å². The molecule has 0 bridgehead atoms. The zero-order valence-electron chi connectivity index (χ0n) is 17.2. The van der Waals surface area contributed by atoms with Gasteiger partial charge in [0.1, 0.15) is 6.10 Å². The molecule has 1 fully saturated rings. The highest BCUT2D eigenvalue weighted by atomic mass is 32.1. The first-order valence-electron chi connectivity index (χ1n) is 9.50. The Morgan fingerprint density at radius 1 is 1.36 bits per heavy atom. The number of ether oxygens (including phenoxy) is 1. The van der Waals surface area contributed by atoms with Crippen LogP contribution in [0.4, 0.5) is 16.2 Å². The molecule has 2 atom stereocenters. The van der Waals surface area contributed by atoms with E-state index < -0.39 is 20.5 Å². The highest BCUT2D eigenvalue weighted by Crippen LogP contribution is 2.40. The van der Waals surface area contributed by atoms with Crippen molar-refractivity contribution in [3.05, 3.63) is 17.6 Å². The largest absolute Gasteiger partial charge is 0.442 e. The van der Waals surface area contributed by atoms with Crippen LogP contribution in [0.3, 0.4) is 0 Å². The fraction of sp³-hybridized carbons (Fsp3) is 0.579. The summed E-state index contributed by atoms with van der Waals surface area (Å²) < 4.78 is 13.1. The number of nitrogens with zero attached hydrogens (tertiary/aromatic N) is 2. The van der Waals surface area contributed by atoms with Gasteiger partial charge in [-0.25, -0.2) is 4.79 Å². The molecule has 2 unspecified atom stereocenters. The molecule has 1 aliphatic rings. The maximum Gasteiger partial charge on any atom is 0.404 e. The van der Waals surface area contributed by atoms with Crippen molar-refractivity contribution in [2.75, 3.05) is 23.7 Å². The fourth-order valence-electron chi connectivity index (χ4n) is 3.29. The van der Waals surface area contributed by atoms with Crippen LogP contribution in [0.25, 0.3) is 10.2 Å². The molecule has 2 aromatic rings. The van der Waals surface area contributed by atoms with Gasteiger partial charge >= 0.3 is 6.09 Å². The van der Waals surface area contributed by atoms with Crippen molar-refractivity contribution in [1.29, 1.82) is 0 Å². The van der Waals surface area contributed by atoms with Crippen molar-refractivity contribution < 1.29 is 14.0 Å². The lowest BCUT2D eigenvalue weighted by atomic mass is 10.0. The summed E-state index contributed by atoms with van der Waals surface area (Å²) in [6, 6.07) is 1.98. The molecule has 3 heterocycles. The fourth-order valence-corrected chi connectivity index (χ4v) is 5.60. The monoisotopic (exact) mass is 422 g/mol. The number of hydrogen-bond acceptors (Lipinski definition) is 7. The topological polar surface area (TPSA) is 104 Å². The number of thiophene rings is 1. The minimum Gasteiger partial charge on any atom is -0.442 e. The number of fused-ring (bicyclic) bond motifs is 1. The number of amides is 1. The van der Waals surface area contributed by atoms with Crippen LogP contribution < -0.4 is 16.4 Å². The molecule has 9 heteroatoms. The Bertz CT molecular complexity index is 864. The number of rotatable bonds is 4. The average Bonchev–Trinajstić information content (AvgIpc) is 3.03. The van der Waals surface area contributed by atoms with Gasteiger partial charge in [-0.15, -0.1) is 11.3 Å². The van der Waals surface area contributed by atoms with Gasteiger partial charge in [0.05, 0.1) is 40.4 Å². The highest BCUT2D eigenvalue weighted by molar-refractivity contribution is 7.17. The van der Waals surface area contributed by atoms with Crippen LogP contribution in [0, 0.1) is 0 Å². The summed E-state index contributed by atoms with van der Waals surface area (Å²) in [6.07, 6.45) is 1.03. The Labute approximate surface area is 171 Å². The number of nitrogen functional groups attached to an aromatic ring is 1. The smallest absolute Gasteiger partial charge is 0.404 e. The average molecular weight is 423 g/mol. The van der Waals surface area contributed by atoms with Crippen molar-refractivity contribution in [1.82, 2.24) is 4.98 Å². The molecular formula is C19H30N4O3SSi. The normalized spacial score (nSPS) is 21.1. The molecule has 0 aliphatic carbocycles. The first kappa shape index (κ1) is 20.9. The number of piperidine rings is 1. The quantitative estimate of drug-likeness (QED) is 0.723. The van der Waals surface area contributed by atoms with Gasteiger partial charge in [0.15, 0.2) is 8.32 Å². The van der Waals surface area contributed by atoms with Crippen molar-refractivity contribution in [3.8, 4) is 0 Å². The third-order valence-corrected chi connectivity index (χ3v) is 11.2. The zero-order chi connectivity index (χ0) is 20.7. The van der Waals surface area contributed by atoms with E-state index in [9.17, 15) is 4.79 Å². The SMILES string of the molecule is CC(C)(C)[Si](C)(C)OC1CCN(c2c(N)cnc3ccsc23)CC1OC(N)=O. The molecule has 1 amide bonds. The minimum absolute atomic E-state index is 0.0695. The molecule has 0 spiro atoms. The molecule has 0 radical (unpaired) electrons. The highest BCUT2D eigenvalue weighted by Gasteiger charge is 2.43. The molecule has 2 aromatic heterocycles. The van der Waals surface area contributed by atoms with E-state index in [2.05, 4.69) is 43.7 Å². The van der Waals surface area contributed by atoms with Gasteiger partial charge in [0.2, 0.25) is 0 Å². The number of hydrogen-bond donors (Lipinski definition) is 2. The standard InChI is InChI=1S/C19H30N4O3SSi/c1-19(2,3)28(4,5)26-14-6-8-23(11-15(14)25-18(21)24)16-12(20)10-22-13-7-9-27-17(13)16/h7,9-10,14-15H,6,8,11,20H2,1-5H3,(H2,21,24). The first-order chi connectivity index (χ1) is 13.0. The second-order valence-corrected chi connectivity index (χ2v) is 14.5. The minimum atomic E-state index is -2.01. The van der Waals surface area contributed by atoms with Crippen LogP contribution >= 0.6 is 11.3 Å². The number of nitrogens with two attached hydrogens (primary N) is 2. The van der Waals surface area contributed by atoms with Gasteiger partial charge in [0.25, 0.3) is 0 Å². The number of carbonyl (C=O) groups excluding carboxylic acids is 1. The zero-order valence-corrected chi connectivity index (χ0v) is 19.0. The van der Waals surface area contributed by atoms with Crippen molar-refractivity contribution in [2.45, 2.75) is 57.5 Å². The van der Waals surface area contributed by atoms with E-state index in [1.165, 1.54) is 0 Å². The van der Waals surface area contributed by atoms with Gasteiger partial charge < -0.3 is 25.5 Å². The molecule has 0 aromatic carbocycles.